The Hall–Kier alpha value is -0.120. The Morgan fingerprint density at radius 3 is 2.21 bits per heavy atom. The Kier molecular flexibility index (Phi) is 7.96. The molecule has 0 aromatic heterocycles. The van der Waals surface area contributed by atoms with E-state index in [9.17, 15) is 0 Å². The summed E-state index contributed by atoms with van der Waals surface area (Å²) in [4.78, 5) is 5.00. The monoisotopic (exact) mass is 269 g/mol. The van der Waals surface area contributed by atoms with Crippen LogP contribution in [0.2, 0.25) is 0 Å². The first-order valence-electron chi connectivity index (χ1n) is 8.13. The summed E-state index contributed by atoms with van der Waals surface area (Å²) < 4.78 is 0. The van der Waals surface area contributed by atoms with E-state index in [1.807, 2.05) is 0 Å². The summed E-state index contributed by atoms with van der Waals surface area (Å²) in [6, 6.07) is 0. The van der Waals surface area contributed by atoms with Gasteiger partial charge < -0.3 is 15.1 Å². The summed E-state index contributed by atoms with van der Waals surface area (Å²) in [6.07, 6.45) is 8.39. The summed E-state index contributed by atoms with van der Waals surface area (Å²) in [6.45, 7) is 8.42. The van der Waals surface area contributed by atoms with Crippen LogP contribution in [0, 0.1) is 5.41 Å². The molecule has 3 nitrogen and oxygen atoms in total. The maximum absolute atomic E-state index is 3.45. The third-order valence-electron chi connectivity index (χ3n) is 4.43. The van der Waals surface area contributed by atoms with Crippen LogP contribution in [0.15, 0.2) is 0 Å². The fourth-order valence-electron chi connectivity index (χ4n) is 3.47. The van der Waals surface area contributed by atoms with E-state index in [0.29, 0.717) is 5.41 Å². The van der Waals surface area contributed by atoms with Crippen LogP contribution < -0.4 is 5.32 Å². The maximum atomic E-state index is 3.45. The second-order valence-corrected chi connectivity index (χ2v) is 6.67. The topological polar surface area (TPSA) is 18.5 Å². The lowest BCUT2D eigenvalue weighted by Crippen LogP contribution is -2.46. The summed E-state index contributed by atoms with van der Waals surface area (Å²) in [5.74, 6) is 0. The Bertz CT molecular complexity index is 217. The first-order chi connectivity index (χ1) is 9.12. The number of nitrogens with one attached hydrogen (secondary N) is 1. The van der Waals surface area contributed by atoms with Crippen molar-refractivity contribution in [3.63, 3.8) is 0 Å². The Labute approximate surface area is 120 Å². The zero-order valence-corrected chi connectivity index (χ0v) is 13.7. The predicted molar refractivity (Wildman–Crippen MR) is 84.7 cm³/mol. The van der Waals surface area contributed by atoms with Crippen LogP contribution >= 0.6 is 0 Å². The first kappa shape index (κ1) is 16.9. The predicted octanol–water partition coefficient (Wildman–Crippen LogP) is 2.43. The maximum Gasteiger partial charge on any atom is 0.0109 e. The van der Waals surface area contributed by atoms with Crippen molar-refractivity contribution in [2.45, 2.75) is 45.4 Å². The second-order valence-electron chi connectivity index (χ2n) is 6.67. The fraction of sp³-hybridized carbons (Fsp3) is 1.00. The van der Waals surface area contributed by atoms with E-state index in [1.165, 1.54) is 71.2 Å². The molecule has 0 bridgehead atoms. The molecule has 0 radical (unpaired) electrons. The zero-order valence-electron chi connectivity index (χ0n) is 13.7. The highest BCUT2D eigenvalue weighted by Crippen LogP contribution is 2.36. The van der Waals surface area contributed by atoms with Crippen molar-refractivity contribution in [2.75, 3.05) is 53.9 Å². The molecule has 0 spiro atoms. The largest absolute Gasteiger partial charge is 0.319 e. The van der Waals surface area contributed by atoms with E-state index in [0.717, 1.165) is 0 Å². The molecule has 19 heavy (non-hydrogen) atoms. The first-order valence-corrected chi connectivity index (χ1v) is 8.13. The normalized spacial score (nSPS) is 19.3. The van der Waals surface area contributed by atoms with Gasteiger partial charge in [0.05, 0.1) is 0 Å². The van der Waals surface area contributed by atoms with Gasteiger partial charge in [0.1, 0.15) is 0 Å². The van der Waals surface area contributed by atoms with E-state index in [2.05, 4.69) is 43.2 Å². The number of hydrogen-bond acceptors (Lipinski definition) is 3. The Balaban J connectivity index is 2.55. The molecule has 0 saturated heterocycles. The average Bonchev–Trinajstić information content (AvgIpc) is 2.37. The molecule has 1 aliphatic carbocycles. The van der Waals surface area contributed by atoms with E-state index < -0.39 is 0 Å². The molecule has 0 amide bonds. The number of hydrogen-bond donors (Lipinski definition) is 1. The lowest BCUT2D eigenvalue weighted by atomic mass is 9.73. The molecule has 0 aliphatic heterocycles. The molecule has 1 saturated carbocycles. The number of rotatable bonds is 9. The minimum Gasteiger partial charge on any atom is -0.319 e. The van der Waals surface area contributed by atoms with Crippen LogP contribution in [-0.2, 0) is 0 Å². The van der Waals surface area contributed by atoms with Crippen LogP contribution in [-0.4, -0.2) is 63.7 Å². The number of nitrogens with zero attached hydrogens (tertiary/aromatic N) is 2. The lowest BCUT2D eigenvalue weighted by Gasteiger charge is -2.41. The van der Waals surface area contributed by atoms with Gasteiger partial charge >= 0.3 is 0 Å². The van der Waals surface area contributed by atoms with Gasteiger partial charge in [-0.25, -0.2) is 0 Å². The Morgan fingerprint density at radius 2 is 1.68 bits per heavy atom. The van der Waals surface area contributed by atoms with Gasteiger partial charge in [-0.15, -0.1) is 0 Å². The highest BCUT2D eigenvalue weighted by atomic mass is 15.2. The molecule has 0 unspecified atom stereocenters. The van der Waals surface area contributed by atoms with E-state index in [-0.39, 0.29) is 0 Å². The second kappa shape index (κ2) is 8.93. The van der Waals surface area contributed by atoms with Crippen molar-refractivity contribution in [3.8, 4) is 0 Å². The van der Waals surface area contributed by atoms with Crippen LogP contribution in [0.1, 0.15) is 45.4 Å². The molecule has 0 heterocycles. The van der Waals surface area contributed by atoms with Crippen LogP contribution in [0.5, 0.6) is 0 Å². The molecule has 0 aromatic carbocycles. The highest BCUT2D eigenvalue weighted by molar-refractivity contribution is 4.87. The third-order valence-corrected chi connectivity index (χ3v) is 4.43. The van der Waals surface area contributed by atoms with Gasteiger partial charge in [0.15, 0.2) is 0 Å². The zero-order chi connectivity index (χ0) is 14.1. The molecule has 1 rings (SSSR count). The van der Waals surface area contributed by atoms with Crippen molar-refractivity contribution >= 4 is 0 Å². The molecule has 1 fully saturated rings. The smallest absolute Gasteiger partial charge is 0.0109 e. The van der Waals surface area contributed by atoms with Gasteiger partial charge in [0.2, 0.25) is 0 Å². The van der Waals surface area contributed by atoms with Crippen molar-refractivity contribution in [2.24, 2.45) is 5.41 Å². The molecular formula is C16H35N3. The van der Waals surface area contributed by atoms with Crippen molar-refractivity contribution in [3.05, 3.63) is 0 Å². The molecule has 0 aromatic rings. The van der Waals surface area contributed by atoms with Gasteiger partial charge in [-0.3, -0.25) is 0 Å². The highest BCUT2D eigenvalue weighted by Gasteiger charge is 2.32. The molecular weight excluding hydrogens is 234 g/mol. The van der Waals surface area contributed by atoms with Gasteiger partial charge in [-0.05, 0) is 52.4 Å². The van der Waals surface area contributed by atoms with Crippen LogP contribution in [0.4, 0.5) is 0 Å². The van der Waals surface area contributed by atoms with Gasteiger partial charge in [-0.2, -0.15) is 0 Å². The molecule has 3 heteroatoms. The summed E-state index contributed by atoms with van der Waals surface area (Å²) in [5.41, 5.74) is 0.536. The average molecular weight is 269 g/mol. The van der Waals surface area contributed by atoms with Crippen molar-refractivity contribution in [1.82, 2.24) is 15.1 Å². The van der Waals surface area contributed by atoms with Crippen molar-refractivity contribution in [1.29, 1.82) is 0 Å². The minimum atomic E-state index is 0.536. The van der Waals surface area contributed by atoms with Crippen LogP contribution in [0.25, 0.3) is 0 Å². The molecule has 1 aliphatic rings. The number of likely N-dealkylation sites (N-methyl/N-ethyl adjacent to an activating group) is 1. The summed E-state index contributed by atoms with van der Waals surface area (Å²) >= 11 is 0. The SMILES string of the molecule is CCCN(CCN(C)C)CC1(CNC)CCCCC1. The molecule has 1 N–H and O–H groups in total. The summed E-state index contributed by atoms with van der Waals surface area (Å²) in [7, 11) is 6.46. The van der Waals surface area contributed by atoms with E-state index >= 15 is 0 Å². The fourth-order valence-corrected chi connectivity index (χ4v) is 3.47. The third kappa shape index (κ3) is 6.24. The van der Waals surface area contributed by atoms with Gasteiger partial charge in [-0.1, -0.05) is 26.2 Å². The van der Waals surface area contributed by atoms with Gasteiger partial charge in [0.25, 0.3) is 0 Å². The lowest BCUT2D eigenvalue weighted by molar-refractivity contribution is 0.0991. The summed E-state index contributed by atoms with van der Waals surface area (Å²) in [5, 5.41) is 3.45. The molecule has 0 atom stereocenters. The minimum absolute atomic E-state index is 0.536. The standard InChI is InChI=1S/C16H35N3/c1-5-11-19(13-12-18(3)4)15-16(14-17-2)9-7-6-8-10-16/h17H,5-15H2,1-4H3. The van der Waals surface area contributed by atoms with Gasteiger partial charge in [0, 0.05) is 26.2 Å². The van der Waals surface area contributed by atoms with E-state index in [1.54, 1.807) is 0 Å². The quantitative estimate of drug-likeness (QED) is 0.693. The Morgan fingerprint density at radius 1 is 1.00 bits per heavy atom. The van der Waals surface area contributed by atoms with E-state index in [4.69, 9.17) is 0 Å². The van der Waals surface area contributed by atoms with Crippen molar-refractivity contribution < 1.29 is 0 Å². The molecule has 114 valence electrons. The van der Waals surface area contributed by atoms with Crippen LogP contribution in [0.3, 0.4) is 0 Å².